The van der Waals surface area contributed by atoms with Crippen LogP contribution in [-0.2, 0) is 9.53 Å². The standard InChI is InChI=1S/C23H33N3O3/c1-5-26-19(15-25-12-10-16(3)11-13-25)20(22(27)29-6-2)21(24-23(26)28)18-9-7-8-17(4)14-18/h7-9,14,16,21H,5-6,10-13,15H2,1-4H3,(H,24,28). The van der Waals surface area contributed by atoms with Gasteiger partial charge in [-0.25, -0.2) is 9.59 Å². The van der Waals surface area contributed by atoms with Crippen LogP contribution >= 0.6 is 0 Å². The molecule has 1 atom stereocenters. The summed E-state index contributed by atoms with van der Waals surface area (Å²) in [4.78, 5) is 30.0. The van der Waals surface area contributed by atoms with Crippen LogP contribution in [0, 0.1) is 12.8 Å². The van der Waals surface area contributed by atoms with Crippen LogP contribution in [0.3, 0.4) is 0 Å². The molecule has 2 amide bonds. The Balaban J connectivity index is 2.05. The monoisotopic (exact) mass is 399 g/mol. The van der Waals surface area contributed by atoms with Crippen molar-refractivity contribution in [1.29, 1.82) is 0 Å². The zero-order valence-corrected chi connectivity index (χ0v) is 18.0. The Hall–Kier alpha value is -2.34. The molecule has 6 nitrogen and oxygen atoms in total. The molecule has 0 radical (unpaired) electrons. The molecule has 1 unspecified atom stereocenters. The van der Waals surface area contributed by atoms with Gasteiger partial charge >= 0.3 is 12.0 Å². The van der Waals surface area contributed by atoms with Gasteiger partial charge in [0.1, 0.15) is 0 Å². The molecule has 1 fully saturated rings. The van der Waals surface area contributed by atoms with Gasteiger partial charge in [-0.3, -0.25) is 9.80 Å². The highest BCUT2D eigenvalue weighted by molar-refractivity contribution is 5.95. The van der Waals surface area contributed by atoms with E-state index in [0.29, 0.717) is 25.3 Å². The quantitative estimate of drug-likeness (QED) is 0.742. The van der Waals surface area contributed by atoms with Crippen molar-refractivity contribution in [2.45, 2.75) is 46.6 Å². The molecule has 0 spiro atoms. The molecule has 29 heavy (non-hydrogen) atoms. The molecule has 158 valence electrons. The van der Waals surface area contributed by atoms with Crippen molar-refractivity contribution < 1.29 is 14.3 Å². The van der Waals surface area contributed by atoms with E-state index < -0.39 is 6.04 Å². The number of likely N-dealkylation sites (tertiary alicyclic amines) is 1. The van der Waals surface area contributed by atoms with Gasteiger partial charge in [0.25, 0.3) is 0 Å². The number of carbonyl (C=O) groups excluding carboxylic acids is 2. The van der Waals surface area contributed by atoms with E-state index in [1.165, 1.54) is 0 Å². The molecule has 0 aromatic heterocycles. The number of nitrogens with one attached hydrogen (secondary N) is 1. The number of urea groups is 1. The molecule has 2 heterocycles. The van der Waals surface area contributed by atoms with E-state index in [1.54, 1.807) is 4.90 Å². The van der Waals surface area contributed by atoms with Crippen LogP contribution in [0.2, 0.25) is 0 Å². The van der Waals surface area contributed by atoms with Crippen molar-refractivity contribution in [3.05, 3.63) is 46.7 Å². The minimum atomic E-state index is -0.497. The molecule has 2 aliphatic rings. The molecule has 0 saturated carbocycles. The van der Waals surface area contributed by atoms with E-state index in [-0.39, 0.29) is 12.0 Å². The first-order valence-corrected chi connectivity index (χ1v) is 10.7. The maximum atomic E-state index is 13.1. The summed E-state index contributed by atoms with van der Waals surface area (Å²) in [5.74, 6) is 0.375. The zero-order valence-electron chi connectivity index (χ0n) is 18.0. The number of amides is 2. The van der Waals surface area contributed by atoms with Crippen molar-refractivity contribution in [3.8, 4) is 0 Å². The first kappa shape index (κ1) is 21.4. The van der Waals surface area contributed by atoms with E-state index in [9.17, 15) is 9.59 Å². The lowest BCUT2D eigenvalue weighted by molar-refractivity contribution is -0.139. The third kappa shape index (κ3) is 4.81. The fourth-order valence-electron chi connectivity index (χ4n) is 4.19. The maximum Gasteiger partial charge on any atom is 0.338 e. The number of piperidine rings is 1. The third-order valence-corrected chi connectivity index (χ3v) is 5.88. The molecule has 1 aromatic rings. The first-order chi connectivity index (χ1) is 13.9. The van der Waals surface area contributed by atoms with Crippen molar-refractivity contribution in [2.24, 2.45) is 5.92 Å². The van der Waals surface area contributed by atoms with E-state index in [1.807, 2.05) is 45.0 Å². The summed E-state index contributed by atoms with van der Waals surface area (Å²) >= 11 is 0. The minimum absolute atomic E-state index is 0.160. The van der Waals surface area contributed by atoms with Gasteiger partial charge in [-0.15, -0.1) is 0 Å². The van der Waals surface area contributed by atoms with E-state index in [0.717, 1.165) is 48.7 Å². The molecule has 2 aliphatic heterocycles. The molecule has 0 aliphatic carbocycles. The second-order valence-electron chi connectivity index (χ2n) is 8.08. The summed E-state index contributed by atoms with van der Waals surface area (Å²) < 4.78 is 5.43. The van der Waals surface area contributed by atoms with Crippen molar-refractivity contribution >= 4 is 12.0 Å². The lowest BCUT2D eigenvalue weighted by atomic mass is 9.92. The number of carbonyl (C=O) groups is 2. The van der Waals surface area contributed by atoms with Gasteiger partial charge < -0.3 is 10.1 Å². The Labute approximate surface area is 173 Å². The predicted octanol–water partition coefficient (Wildman–Crippen LogP) is 3.63. The van der Waals surface area contributed by atoms with E-state index in [2.05, 4.69) is 17.1 Å². The summed E-state index contributed by atoms with van der Waals surface area (Å²) in [5, 5.41) is 3.03. The lowest BCUT2D eigenvalue weighted by Gasteiger charge is -2.39. The first-order valence-electron chi connectivity index (χ1n) is 10.7. The van der Waals surface area contributed by atoms with Gasteiger partial charge in [0, 0.05) is 18.8 Å². The average Bonchev–Trinajstić information content (AvgIpc) is 2.69. The van der Waals surface area contributed by atoms with Crippen molar-refractivity contribution in [3.63, 3.8) is 0 Å². The van der Waals surface area contributed by atoms with Crippen LogP contribution in [0.15, 0.2) is 35.5 Å². The number of rotatable bonds is 6. The number of hydrogen-bond acceptors (Lipinski definition) is 4. The number of nitrogens with zero attached hydrogens (tertiary/aromatic N) is 2. The van der Waals surface area contributed by atoms with Gasteiger partial charge in [0.05, 0.1) is 18.2 Å². The predicted molar refractivity (Wildman–Crippen MR) is 113 cm³/mol. The topological polar surface area (TPSA) is 61.9 Å². The number of benzene rings is 1. The third-order valence-electron chi connectivity index (χ3n) is 5.88. The minimum Gasteiger partial charge on any atom is -0.463 e. The van der Waals surface area contributed by atoms with Gasteiger partial charge in [-0.2, -0.15) is 0 Å². The fourth-order valence-corrected chi connectivity index (χ4v) is 4.19. The van der Waals surface area contributed by atoms with Crippen LogP contribution in [0.25, 0.3) is 0 Å². The Morgan fingerprint density at radius 2 is 1.97 bits per heavy atom. The summed E-state index contributed by atoms with van der Waals surface area (Å²) in [5.41, 5.74) is 3.32. The number of hydrogen-bond donors (Lipinski definition) is 1. The van der Waals surface area contributed by atoms with Gasteiger partial charge in [0.15, 0.2) is 0 Å². The van der Waals surface area contributed by atoms with Gasteiger partial charge in [-0.1, -0.05) is 36.8 Å². The normalized spacial score (nSPS) is 21.3. The highest BCUT2D eigenvalue weighted by Gasteiger charge is 2.38. The van der Waals surface area contributed by atoms with Crippen molar-refractivity contribution in [2.75, 3.05) is 32.8 Å². The Bertz CT molecular complexity index is 781. The number of likely N-dealkylation sites (N-methyl/N-ethyl adjacent to an activating group) is 1. The SMILES string of the molecule is CCOC(=O)C1=C(CN2CCC(C)CC2)N(CC)C(=O)NC1c1cccc(C)c1. The Kier molecular flexibility index (Phi) is 6.96. The largest absolute Gasteiger partial charge is 0.463 e. The Morgan fingerprint density at radius 3 is 2.59 bits per heavy atom. The Morgan fingerprint density at radius 1 is 1.24 bits per heavy atom. The molecule has 0 bridgehead atoms. The number of aryl methyl sites for hydroxylation is 1. The maximum absolute atomic E-state index is 13.1. The highest BCUT2D eigenvalue weighted by Crippen LogP contribution is 2.33. The molecular weight excluding hydrogens is 366 g/mol. The molecule has 6 heteroatoms. The van der Waals surface area contributed by atoms with Crippen LogP contribution in [0.5, 0.6) is 0 Å². The average molecular weight is 400 g/mol. The fraction of sp³-hybridized carbons (Fsp3) is 0.565. The highest BCUT2D eigenvalue weighted by atomic mass is 16.5. The second-order valence-corrected chi connectivity index (χ2v) is 8.08. The number of esters is 1. The van der Waals surface area contributed by atoms with Gasteiger partial charge in [0.2, 0.25) is 0 Å². The van der Waals surface area contributed by atoms with Crippen LogP contribution in [-0.4, -0.2) is 54.6 Å². The van der Waals surface area contributed by atoms with Crippen LogP contribution < -0.4 is 5.32 Å². The summed E-state index contributed by atoms with van der Waals surface area (Å²) in [6, 6.07) is 7.29. The summed E-state index contributed by atoms with van der Waals surface area (Å²) in [7, 11) is 0. The zero-order chi connectivity index (χ0) is 21.0. The van der Waals surface area contributed by atoms with Gasteiger partial charge in [-0.05, 0) is 58.2 Å². The van der Waals surface area contributed by atoms with E-state index in [4.69, 9.17) is 4.74 Å². The van der Waals surface area contributed by atoms with Crippen LogP contribution in [0.4, 0.5) is 4.79 Å². The van der Waals surface area contributed by atoms with Crippen molar-refractivity contribution in [1.82, 2.24) is 15.1 Å². The number of ether oxygens (including phenoxy) is 1. The van der Waals surface area contributed by atoms with E-state index >= 15 is 0 Å². The smallest absolute Gasteiger partial charge is 0.338 e. The molecule has 1 saturated heterocycles. The lowest BCUT2D eigenvalue weighted by Crippen LogP contribution is -2.51. The van der Waals surface area contributed by atoms with Crippen LogP contribution in [0.1, 0.15) is 50.8 Å². The molecular formula is C23H33N3O3. The summed E-state index contributed by atoms with van der Waals surface area (Å²) in [6.07, 6.45) is 2.28. The second kappa shape index (κ2) is 9.44. The molecule has 1 aromatic carbocycles. The summed E-state index contributed by atoms with van der Waals surface area (Å²) in [6.45, 7) is 11.4. The molecule has 3 rings (SSSR count). The molecule has 1 N–H and O–H groups in total.